The zero-order valence-electron chi connectivity index (χ0n) is 18.8. The van der Waals surface area contributed by atoms with Gasteiger partial charge in [0, 0.05) is 50.4 Å². The lowest BCUT2D eigenvalue weighted by atomic mass is 10.1. The lowest BCUT2D eigenvalue weighted by Gasteiger charge is -2.25. The van der Waals surface area contributed by atoms with Crippen molar-refractivity contribution in [3.8, 4) is 0 Å². The number of nitrogens with zero attached hydrogens (tertiary/aromatic N) is 3. The molecule has 2 amide bonds. The van der Waals surface area contributed by atoms with Crippen LogP contribution in [0.3, 0.4) is 0 Å². The van der Waals surface area contributed by atoms with Crippen LogP contribution in [0.4, 0.5) is 5.13 Å². The third kappa shape index (κ3) is 5.15. The second kappa shape index (κ2) is 9.45. The van der Waals surface area contributed by atoms with Gasteiger partial charge in [-0.3, -0.25) is 14.5 Å². The number of aromatic nitrogens is 1. The van der Waals surface area contributed by atoms with Crippen molar-refractivity contribution in [3.05, 3.63) is 81.9 Å². The quantitative estimate of drug-likeness (QED) is 0.604. The Morgan fingerprint density at radius 3 is 2.64 bits per heavy atom. The molecule has 6 nitrogen and oxygen atoms in total. The maximum absolute atomic E-state index is 12.9. The number of benzene rings is 2. The SMILES string of the molecule is Cc1ccc(CN2CC(C(=O)Nc3nc4c(s3)CN(Cc3ccccc3)CC4)CC2=O)cc1. The number of carbonyl (C=O) groups excluding carboxylic acids is 2. The van der Waals surface area contributed by atoms with Gasteiger partial charge in [-0.25, -0.2) is 4.98 Å². The summed E-state index contributed by atoms with van der Waals surface area (Å²) in [5, 5.41) is 3.64. The van der Waals surface area contributed by atoms with Crippen LogP contribution in [-0.4, -0.2) is 39.7 Å². The molecule has 7 heteroatoms. The van der Waals surface area contributed by atoms with E-state index in [-0.39, 0.29) is 24.2 Å². The summed E-state index contributed by atoms with van der Waals surface area (Å²) in [4.78, 5) is 35.5. The average molecular weight is 461 g/mol. The zero-order valence-corrected chi connectivity index (χ0v) is 19.6. The molecule has 0 spiro atoms. The summed E-state index contributed by atoms with van der Waals surface area (Å²) in [5.41, 5.74) is 4.67. The standard InChI is InChI=1S/C26H28N4O2S/c1-18-7-9-20(10-8-18)15-30-16-21(13-24(30)31)25(32)28-26-27-22-11-12-29(17-23(22)33-26)14-19-5-3-2-4-6-19/h2-10,21H,11-17H2,1H3,(H,27,28,32). The van der Waals surface area contributed by atoms with Crippen molar-refractivity contribution in [1.29, 1.82) is 0 Å². The topological polar surface area (TPSA) is 65.5 Å². The molecule has 1 N–H and O–H groups in total. The van der Waals surface area contributed by atoms with Gasteiger partial charge in [0.1, 0.15) is 0 Å². The number of amides is 2. The number of anilines is 1. The molecule has 5 rings (SSSR count). The minimum absolute atomic E-state index is 0.0331. The van der Waals surface area contributed by atoms with E-state index >= 15 is 0 Å². The van der Waals surface area contributed by atoms with E-state index < -0.39 is 0 Å². The summed E-state index contributed by atoms with van der Waals surface area (Å²) in [5.74, 6) is -0.411. The van der Waals surface area contributed by atoms with Gasteiger partial charge >= 0.3 is 0 Å². The molecule has 3 aromatic rings. The fraction of sp³-hybridized carbons (Fsp3) is 0.346. The highest BCUT2D eigenvalue weighted by Gasteiger charge is 2.35. The van der Waals surface area contributed by atoms with Crippen molar-refractivity contribution >= 4 is 28.3 Å². The predicted molar refractivity (Wildman–Crippen MR) is 130 cm³/mol. The first kappa shape index (κ1) is 21.8. The fourth-order valence-electron chi connectivity index (χ4n) is 4.50. The molecule has 0 bridgehead atoms. The highest BCUT2D eigenvalue weighted by molar-refractivity contribution is 7.15. The van der Waals surface area contributed by atoms with Crippen molar-refractivity contribution in [2.45, 2.75) is 39.4 Å². The number of carbonyl (C=O) groups is 2. The molecular weight excluding hydrogens is 432 g/mol. The van der Waals surface area contributed by atoms with Gasteiger partial charge in [0.05, 0.1) is 11.6 Å². The molecule has 0 radical (unpaired) electrons. The van der Waals surface area contributed by atoms with E-state index in [0.717, 1.165) is 37.3 Å². The fourth-order valence-corrected chi connectivity index (χ4v) is 5.55. The van der Waals surface area contributed by atoms with Crippen LogP contribution in [0, 0.1) is 12.8 Å². The molecule has 1 aromatic heterocycles. The molecule has 2 aliphatic rings. The van der Waals surface area contributed by atoms with Gasteiger partial charge in [-0.15, -0.1) is 11.3 Å². The van der Waals surface area contributed by atoms with Crippen molar-refractivity contribution in [2.75, 3.05) is 18.4 Å². The number of rotatable bonds is 6. The summed E-state index contributed by atoms with van der Waals surface area (Å²) in [6, 6.07) is 18.7. The normalized spacial score (nSPS) is 18.4. The number of fused-ring (bicyclic) bond motifs is 1. The number of hydrogen-bond acceptors (Lipinski definition) is 5. The molecule has 2 aromatic carbocycles. The molecule has 1 unspecified atom stereocenters. The van der Waals surface area contributed by atoms with E-state index in [0.29, 0.717) is 18.2 Å². The van der Waals surface area contributed by atoms with E-state index in [1.165, 1.54) is 16.0 Å². The van der Waals surface area contributed by atoms with Crippen LogP contribution in [0.5, 0.6) is 0 Å². The zero-order chi connectivity index (χ0) is 22.8. The number of nitrogens with one attached hydrogen (secondary N) is 1. The maximum Gasteiger partial charge on any atom is 0.231 e. The summed E-state index contributed by atoms with van der Waals surface area (Å²) in [6.45, 7) is 5.78. The predicted octanol–water partition coefficient (Wildman–Crippen LogP) is 4.00. The van der Waals surface area contributed by atoms with Gasteiger partial charge in [-0.1, -0.05) is 60.2 Å². The van der Waals surface area contributed by atoms with Crippen LogP contribution in [0.2, 0.25) is 0 Å². The lowest BCUT2D eigenvalue weighted by Crippen LogP contribution is -2.29. The first-order valence-electron chi connectivity index (χ1n) is 11.4. The van der Waals surface area contributed by atoms with Gasteiger partial charge in [0.25, 0.3) is 0 Å². The van der Waals surface area contributed by atoms with E-state index in [1.807, 2.05) is 37.3 Å². The Labute approximate surface area is 198 Å². The molecule has 3 heterocycles. The molecule has 1 saturated heterocycles. The van der Waals surface area contributed by atoms with Crippen LogP contribution >= 0.6 is 11.3 Å². The van der Waals surface area contributed by atoms with Crippen molar-refractivity contribution < 1.29 is 9.59 Å². The van der Waals surface area contributed by atoms with Gasteiger partial charge in [-0.2, -0.15) is 0 Å². The van der Waals surface area contributed by atoms with Crippen LogP contribution in [0.25, 0.3) is 0 Å². The third-order valence-electron chi connectivity index (χ3n) is 6.37. The smallest absolute Gasteiger partial charge is 0.231 e. The molecule has 1 fully saturated rings. The number of likely N-dealkylation sites (tertiary alicyclic amines) is 1. The Morgan fingerprint density at radius 1 is 1.09 bits per heavy atom. The van der Waals surface area contributed by atoms with E-state index in [9.17, 15) is 9.59 Å². The minimum atomic E-state index is -0.335. The highest BCUT2D eigenvalue weighted by Crippen LogP contribution is 2.30. The largest absolute Gasteiger partial charge is 0.338 e. The van der Waals surface area contributed by atoms with Gasteiger partial charge < -0.3 is 10.2 Å². The van der Waals surface area contributed by atoms with Crippen LogP contribution < -0.4 is 5.32 Å². The van der Waals surface area contributed by atoms with Crippen LogP contribution in [0.1, 0.15) is 33.7 Å². The molecule has 0 aliphatic carbocycles. The van der Waals surface area contributed by atoms with E-state index in [1.54, 1.807) is 16.2 Å². The van der Waals surface area contributed by atoms with Gasteiger partial charge in [0.15, 0.2) is 5.13 Å². The Hall–Kier alpha value is -3.03. The first-order chi connectivity index (χ1) is 16.0. The minimum Gasteiger partial charge on any atom is -0.338 e. The summed E-state index contributed by atoms with van der Waals surface area (Å²) in [6.07, 6.45) is 1.15. The van der Waals surface area contributed by atoms with Gasteiger partial charge in [0.2, 0.25) is 11.8 Å². The summed E-state index contributed by atoms with van der Waals surface area (Å²) in [7, 11) is 0. The monoisotopic (exact) mass is 460 g/mol. The number of thiazole rings is 1. The van der Waals surface area contributed by atoms with Gasteiger partial charge in [-0.05, 0) is 18.1 Å². The van der Waals surface area contributed by atoms with Crippen molar-refractivity contribution in [1.82, 2.24) is 14.8 Å². The Morgan fingerprint density at radius 2 is 1.85 bits per heavy atom. The van der Waals surface area contributed by atoms with Crippen LogP contribution in [0.15, 0.2) is 54.6 Å². The molecule has 1 atom stereocenters. The van der Waals surface area contributed by atoms with Crippen molar-refractivity contribution in [3.63, 3.8) is 0 Å². The van der Waals surface area contributed by atoms with E-state index in [4.69, 9.17) is 0 Å². The second-order valence-corrected chi connectivity index (χ2v) is 10.1. The third-order valence-corrected chi connectivity index (χ3v) is 7.37. The molecule has 0 saturated carbocycles. The molecule has 2 aliphatic heterocycles. The Balaban J connectivity index is 1.17. The Kier molecular flexibility index (Phi) is 6.24. The molecule has 170 valence electrons. The number of hydrogen-bond donors (Lipinski definition) is 1. The second-order valence-electron chi connectivity index (χ2n) is 8.99. The summed E-state index contributed by atoms with van der Waals surface area (Å²) >= 11 is 1.56. The highest BCUT2D eigenvalue weighted by atomic mass is 32.1. The Bertz CT molecular complexity index is 1140. The van der Waals surface area contributed by atoms with E-state index in [2.05, 4.69) is 39.5 Å². The average Bonchev–Trinajstić information content (AvgIpc) is 3.38. The molecule has 33 heavy (non-hydrogen) atoms. The maximum atomic E-state index is 12.9. The first-order valence-corrected chi connectivity index (χ1v) is 12.2. The summed E-state index contributed by atoms with van der Waals surface area (Å²) < 4.78 is 0. The lowest BCUT2D eigenvalue weighted by molar-refractivity contribution is -0.128. The molecular formula is C26H28N4O2S. The van der Waals surface area contributed by atoms with Crippen LogP contribution in [-0.2, 0) is 35.6 Å². The van der Waals surface area contributed by atoms with Crippen molar-refractivity contribution in [2.24, 2.45) is 5.92 Å². The number of aryl methyl sites for hydroxylation is 1.